The first kappa shape index (κ1) is 19.7. The standard InChI is InChI=1S/C15H8F9NO/c16-13(17,18)7-3-1-2-4-9(7)26-10-6-5-8(25)11(14(19,20)21)12(10)15(22,23)24/h1-6H,25H2. The molecule has 0 amide bonds. The highest BCUT2D eigenvalue weighted by atomic mass is 19.4. The Hall–Kier alpha value is -2.59. The Morgan fingerprint density at radius 2 is 1.15 bits per heavy atom. The van der Waals surface area contributed by atoms with E-state index in [1.807, 2.05) is 0 Å². The molecule has 0 aliphatic heterocycles. The highest BCUT2D eigenvalue weighted by Crippen LogP contribution is 2.49. The van der Waals surface area contributed by atoms with E-state index in [2.05, 4.69) is 4.74 Å². The van der Waals surface area contributed by atoms with Gasteiger partial charge in [-0.2, -0.15) is 39.5 Å². The number of nitrogen functional groups attached to an aromatic ring is 1. The number of halogens is 9. The molecule has 2 N–H and O–H groups in total. The first-order valence-electron chi connectivity index (χ1n) is 6.64. The van der Waals surface area contributed by atoms with Crippen LogP contribution >= 0.6 is 0 Å². The number of benzene rings is 2. The van der Waals surface area contributed by atoms with Crippen molar-refractivity contribution in [3.8, 4) is 11.5 Å². The number of hydrogen-bond donors (Lipinski definition) is 1. The molecule has 2 aromatic rings. The molecule has 0 aromatic heterocycles. The quantitative estimate of drug-likeness (QED) is 0.496. The van der Waals surface area contributed by atoms with Crippen LogP contribution in [0.15, 0.2) is 36.4 Å². The summed E-state index contributed by atoms with van der Waals surface area (Å²) >= 11 is 0. The molecular formula is C15H8F9NO. The van der Waals surface area contributed by atoms with Gasteiger partial charge in [0, 0.05) is 5.69 Å². The van der Waals surface area contributed by atoms with Crippen LogP contribution in [0.5, 0.6) is 11.5 Å². The maximum absolute atomic E-state index is 13.2. The van der Waals surface area contributed by atoms with Crippen LogP contribution in [0.4, 0.5) is 45.2 Å². The van der Waals surface area contributed by atoms with Crippen LogP contribution in [0.3, 0.4) is 0 Å². The largest absolute Gasteiger partial charge is 0.456 e. The van der Waals surface area contributed by atoms with Gasteiger partial charge in [-0.05, 0) is 24.3 Å². The molecule has 2 rings (SSSR count). The van der Waals surface area contributed by atoms with Crippen molar-refractivity contribution in [1.82, 2.24) is 0 Å². The number of hydrogen-bond acceptors (Lipinski definition) is 2. The Morgan fingerprint density at radius 3 is 1.65 bits per heavy atom. The predicted molar refractivity (Wildman–Crippen MR) is 72.4 cm³/mol. The van der Waals surface area contributed by atoms with Crippen molar-refractivity contribution in [3.63, 3.8) is 0 Å². The summed E-state index contributed by atoms with van der Waals surface area (Å²) in [6, 6.07) is 4.09. The van der Waals surface area contributed by atoms with Crippen LogP contribution in [0.25, 0.3) is 0 Å². The van der Waals surface area contributed by atoms with Gasteiger partial charge in [0.05, 0.1) is 11.1 Å². The number of rotatable bonds is 2. The van der Waals surface area contributed by atoms with Gasteiger partial charge in [0.2, 0.25) is 0 Å². The molecule has 0 spiro atoms. The third kappa shape index (κ3) is 3.97. The summed E-state index contributed by atoms with van der Waals surface area (Å²) in [6.07, 6.45) is -16.1. The van der Waals surface area contributed by atoms with Crippen molar-refractivity contribution >= 4 is 5.69 Å². The molecule has 0 saturated carbocycles. The first-order chi connectivity index (χ1) is 11.7. The van der Waals surface area contributed by atoms with E-state index in [1.54, 1.807) is 0 Å². The molecule has 0 saturated heterocycles. The number of para-hydroxylation sites is 1. The second kappa shape index (κ2) is 6.29. The molecule has 0 aliphatic carbocycles. The Kier molecular flexibility index (Phi) is 4.77. The molecule has 0 heterocycles. The Bertz CT molecular complexity index is 806. The van der Waals surface area contributed by atoms with Crippen LogP contribution in [-0.4, -0.2) is 0 Å². The highest BCUT2D eigenvalue weighted by molar-refractivity contribution is 5.60. The molecule has 11 heteroatoms. The van der Waals surface area contributed by atoms with E-state index in [1.165, 1.54) is 0 Å². The Morgan fingerprint density at radius 1 is 0.615 bits per heavy atom. The minimum Gasteiger partial charge on any atom is -0.456 e. The number of ether oxygens (including phenoxy) is 1. The van der Waals surface area contributed by atoms with Crippen molar-refractivity contribution in [1.29, 1.82) is 0 Å². The number of alkyl halides is 9. The summed E-state index contributed by atoms with van der Waals surface area (Å²) in [5.74, 6) is -2.53. The maximum Gasteiger partial charge on any atom is 0.420 e. The minimum atomic E-state index is -5.58. The summed E-state index contributed by atoms with van der Waals surface area (Å²) in [5, 5.41) is 0. The fourth-order valence-electron chi connectivity index (χ4n) is 2.18. The zero-order valence-corrected chi connectivity index (χ0v) is 12.4. The van der Waals surface area contributed by atoms with Crippen LogP contribution < -0.4 is 10.5 Å². The lowest BCUT2D eigenvalue weighted by Gasteiger charge is -2.21. The van der Waals surface area contributed by atoms with Gasteiger partial charge in [0.1, 0.15) is 17.1 Å². The third-order valence-electron chi connectivity index (χ3n) is 3.18. The monoisotopic (exact) mass is 389 g/mol. The smallest absolute Gasteiger partial charge is 0.420 e. The maximum atomic E-state index is 13.2. The van der Waals surface area contributed by atoms with E-state index in [0.717, 1.165) is 12.1 Å². The van der Waals surface area contributed by atoms with Gasteiger partial charge in [-0.25, -0.2) is 0 Å². The lowest BCUT2D eigenvalue weighted by molar-refractivity contribution is -0.162. The zero-order valence-electron chi connectivity index (χ0n) is 12.4. The highest BCUT2D eigenvalue weighted by Gasteiger charge is 2.47. The molecular weight excluding hydrogens is 381 g/mol. The van der Waals surface area contributed by atoms with Crippen molar-refractivity contribution < 1.29 is 44.3 Å². The SMILES string of the molecule is Nc1ccc(Oc2ccccc2C(F)(F)F)c(C(F)(F)F)c1C(F)(F)F. The van der Waals surface area contributed by atoms with Gasteiger partial charge in [0.25, 0.3) is 0 Å². The van der Waals surface area contributed by atoms with E-state index in [0.29, 0.717) is 24.3 Å². The molecule has 142 valence electrons. The van der Waals surface area contributed by atoms with Crippen molar-refractivity contribution in [3.05, 3.63) is 53.1 Å². The van der Waals surface area contributed by atoms with Crippen molar-refractivity contribution in [2.45, 2.75) is 18.5 Å². The van der Waals surface area contributed by atoms with Crippen LogP contribution in [0.1, 0.15) is 16.7 Å². The summed E-state index contributed by atoms with van der Waals surface area (Å²) in [5.41, 5.74) is -2.20. The van der Waals surface area contributed by atoms with Gasteiger partial charge in [-0.15, -0.1) is 0 Å². The zero-order chi connectivity index (χ0) is 19.9. The van der Waals surface area contributed by atoms with E-state index in [9.17, 15) is 39.5 Å². The summed E-state index contributed by atoms with van der Waals surface area (Å²) in [4.78, 5) is 0. The van der Waals surface area contributed by atoms with E-state index in [-0.39, 0.29) is 0 Å². The molecule has 0 atom stereocenters. The van der Waals surface area contributed by atoms with E-state index in [4.69, 9.17) is 5.73 Å². The molecule has 0 fully saturated rings. The fourth-order valence-corrected chi connectivity index (χ4v) is 2.18. The first-order valence-corrected chi connectivity index (χ1v) is 6.64. The summed E-state index contributed by atoms with van der Waals surface area (Å²) < 4.78 is 122. The van der Waals surface area contributed by atoms with Gasteiger partial charge in [-0.1, -0.05) is 12.1 Å². The van der Waals surface area contributed by atoms with Gasteiger partial charge in [-0.3, -0.25) is 0 Å². The second-order valence-corrected chi connectivity index (χ2v) is 4.99. The van der Waals surface area contributed by atoms with Crippen LogP contribution in [0, 0.1) is 0 Å². The van der Waals surface area contributed by atoms with Crippen LogP contribution in [0.2, 0.25) is 0 Å². The lowest BCUT2D eigenvalue weighted by Crippen LogP contribution is -2.20. The molecule has 2 aromatic carbocycles. The fraction of sp³-hybridized carbons (Fsp3) is 0.200. The second-order valence-electron chi connectivity index (χ2n) is 4.99. The Labute approximate surface area is 140 Å². The summed E-state index contributed by atoms with van der Waals surface area (Å²) in [7, 11) is 0. The molecule has 0 aliphatic rings. The van der Waals surface area contributed by atoms with Gasteiger partial charge >= 0.3 is 18.5 Å². The number of nitrogens with two attached hydrogens (primary N) is 1. The molecule has 26 heavy (non-hydrogen) atoms. The van der Waals surface area contributed by atoms with Crippen LogP contribution in [-0.2, 0) is 18.5 Å². The van der Waals surface area contributed by atoms with Gasteiger partial charge in [0.15, 0.2) is 0 Å². The topological polar surface area (TPSA) is 35.2 Å². The third-order valence-corrected chi connectivity index (χ3v) is 3.18. The minimum absolute atomic E-state index is 0.431. The number of anilines is 1. The van der Waals surface area contributed by atoms with Crippen molar-refractivity contribution in [2.24, 2.45) is 0 Å². The molecule has 0 radical (unpaired) electrons. The molecule has 2 nitrogen and oxygen atoms in total. The van der Waals surface area contributed by atoms with E-state index < -0.39 is 52.4 Å². The molecule has 0 unspecified atom stereocenters. The normalized spacial score (nSPS) is 13.0. The van der Waals surface area contributed by atoms with Crippen molar-refractivity contribution in [2.75, 3.05) is 5.73 Å². The lowest BCUT2D eigenvalue weighted by atomic mass is 10.0. The Balaban J connectivity index is 2.70. The van der Waals surface area contributed by atoms with E-state index >= 15 is 0 Å². The van der Waals surface area contributed by atoms with Gasteiger partial charge < -0.3 is 10.5 Å². The predicted octanol–water partition coefficient (Wildman–Crippen LogP) is 6.12. The average molecular weight is 389 g/mol. The molecule has 0 bridgehead atoms. The average Bonchev–Trinajstić information content (AvgIpc) is 2.46. The summed E-state index contributed by atoms with van der Waals surface area (Å²) in [6.45, 7) is 0.